The van der Waals surface area contributed by atoms with Gasteiger partial charge in [0.05, 0.1) is 21.3 Å². The van der Waals surface area contributed by atoms with E-state index in [0.717, 1.165) is 28.8 Å². The zero-order chi connectivity index (χ0) is 22.9. The molecule has 5 rings (SSSR count). The van der Waals surface area contributed by atoms with Crippen molar-refractivity contribution in [2.24, 2.45) is 7.05 Å². The van der Waals surface area contributed by atoms with Crippen LogP contribution in [0, 0.1) is 0 Å². The minimum atomic E-state index is -0.0522. The molecule has 0 aliphatic carbocycles. The molecule has 1 aliphatic rings. The van der Waals surface area contributed by atoms with Gasteiger partial charge in [0.15, 0.2) is 10.9 Å². The van der Waals surface area contributed by atoms with Crippen molar-refractivity contribution in [3.63, 3.8) is 0 Å². The first kappa shape index (κ1) is 21.8. The molecule has 1 fully saturated rings. The maximum Gasteiger partial charge on any atom is 0.223 e. The number of piperazine rings is 1. The summed E-state index contributed by atoms with van der Waals surface area (Å²) in [5, 5.41) is 7.89. The molecule has 170 valence electrons. The number of Topliss-reactive ketones (excluding diaryl/α,β-unsaturated/α-hetero) is 1. The van der Waals surface area contributed by atoms with Gasteiger partial charge in [-0.15, -0.1) is 0 Å². The molecule has 8 nitrogen and oxygen atoms in total. The molecule has 2 aromatic heterocycles. The summed E-state index contributed by atoms with van der Waals surface area (Å²) in [4.78, 5) is 36.2. The van der Waals surface area contributed by atoms with E-state index < -0.39 is 0 Å². The van der Waals surface area contributed by atoms with Crippen molar-refractivity contribution >= 4 is 67.0 Å². The summed E-state index contributed by atoms with van der Waals surface area (Å²) < 4.78 is 2.92. The summed E-state index contributed by atoms with van der Waals surface area (Å²) >= 11 is 7.58. The average molecular weight is 483 g/mol. The number of anilines is 2. The predicted molar refractivity (Wildman–Crippen MR) is 132 cm³/mol. The Morgan fingerprint density at radius 3 is 2.73 bits per heavy atom. The van der Waals surface area contributed by atoms with E-state index in [0.29, 0.717) is 40.3 Å². The highest BCUT2D eigenvalue weighted by molar-refractivity contribution is 7.22. The van der Waals surface area contributed by atoms with Crippen LogP contribution >= 0.6 is 22.9 Å². The number of rotatable bonds is 6. The number of imidazole rings is 1. The number of aryl methyl sites for hydroxylation is 1. The number of benzene rings is 2. The fraction of sp³-hybridized carbons (Fsp3) is 0.304. The number of hydrogen-bond acceptors (Lipinski definition) is 7. The van der Waals surface area contributed by atoms with Gasteiger partial charge in [-0.1, -0.05) is 22.9 Å². The van der Waals surface area contributed by atoms with Gasteiger partial charge in [0, 0.05) is 56.7 Å². The Morgan fingerprint density at radius 1 is 1.09 bits per heavy atom. The average Bonchev–Trinajstić information content (AvgIpc) is 3.37. The highest BCUT2D eigenvalue weighted by Gasteiger charge is 2.18. The van der Waals surface area contributed by atoms with Crippen molar-refractivity contribution in [1.29, 1.82) is 0 Å². The third-order valence-corrected chi connectivity index (χ3v) is 6.98. The summed E-state index contributed by atoms with van der Waals surface area (Å²) in [5.41, 5.74) is 3.04. The normalized spacial score (nSPS) is 14.2. The van der Waals surface area contributed by atoms with Gasteiger partial charge in [-0.25, -0.2) is 9.97 Å². The lowest BCUT2D eigenvalue weighted by atomic mass is 10.1. The number of halogens is 1. The summed E-state index contributed by atoms with van der Waals surface area (Å²) in [7, 11) is 1.91. The number of ketones is 1. The van der Waals surface area contributed by atoms with Crippen LogP contribution in [0.4, 0.5) is 11.1 Å². The van der Waals surface area contributed by atoms with E-state index in [1.807, 2.05) is 40.8 Å². The number of nitrogens with zero attached hydrogens (tertiary/aromatic N) is 4. The topological polar surface area (TPSA) is 92.1 Å². The third-order valence-electron chi connectivity index (χ3n) is 5.81. The fourth-order valence-corrected chi connectivity index (χ4v) is 5.11. The quantitative estimate of drug-likeness (QED) is 0.404. The second-order valence-electron chi connectivity index (χ2n) is 8.01. The smallest absolute Gasteiger partial charge is 0.223 e. The van der Waals surface area contributed by atoms with Gasteiger partial charge in [-0.3, -0.25) is 9.59 Å². The van der Waals surface area contributed by atoms with Crippen molar-refractivity contribution in [3.8, 4) is 0 Å². The van der Waals surface area contributed by atoms with Crippen molar-refractivity contribution in [3.05, 3.63) is 47.0 Å². The number of amides is 1. The van der Waals surface area contributed by atoms with Gasteiger partial charge in [0.1, 0.15) is 0 Å². The SMILES string of the molecule is Cn1c(Nc2nc3ccc(Cl)cc3s2)nc2cc(C(=O)CCC(=O)N3CCNCC3)ccc21. The molecule has 0 spiro atoms. The van der Waals surface area contributed by atoms with Crippen LogP contribution < -0.4 is 10.6 Å². The van der Waals surface area contributed by atoms with Gasteiger partial charge < -0.3 is 20.1 Å². The Bertz CT molecular complexity index is 1360. The molecule has 33 heavy (non-hydrogen) atoms. The van der Waals surface area contributed by atoms with Crippen LogP contribution in [0.1, 0.15) is 23.2 Å². The highest BCUT2D eigenvalue weighted by atomic mass is 35.5. The Balaban J connectivity index is 1.30. The largest absolute Gasteiger partial charge is 0.340 e. The van der Waals surface area contributed by atoms with Gasteiger partial charge in [-0.05, 0) is 36.4 Å². The summed E-state index contributed by atoms with van der Waals surface area (Å²) in [6.45, 7) is 3.00. The molecule has 3 heterocycles. The molecule has 1 saturated heterocycles. The number of hydrogen-bond donors (Lipinski definition) is 2. The molecular formula is C23H23ClN6O2S. The summed E-state index contributed by atoms with van der Waals surface area (Å²) in [6.07, 6.45) is 0.425. The van der Waals surface area contributed by atoms with Crippen molar-refractivity contribution < 1.29 is 9.59 Å². The van der Waals surface area contributed by atoms with Crippen molar-refractivity contribution in [2.75, 3.05) is 31.5 Å². The number of carbonyl (C=O) groups excluding carboxylic acids is 2. The van der Waals surface area contributed by atoms with Gasteiger partial charge in [0.2, 0.25) is 11.9 Å². The van der Waals surface area contributed by atoms with E-state index in [9.17, 15) is 9.59 Å². The standard InChI is InChI=1S/C23H23ClN6O2S/c1-29-18-5-2-14(19(31)6-7-21(32)30-10-8-25-9-11-30)12-17(18)26-22(29)28-23-27-16-4-3-15(24)13-20(16)33-23/h2-5,12-13,25H,6-11H2,1H3,(H,26,27,28). The van der Waals surface area contributed by atoms with E-state index >= 15 is 0 Å². The lowest BCUT2D eigenvalue weighted by Crippen LogP contribution is -2.46. The minimum Gasteiger partial charge on any atom is -0.340 e. The second kappa shape index (κ2) is 9.09. The molecule has 0 radical (unpaired) electrons. The second-order valence-corrected chi connectivity index (χ2v) is 9.48. The van der Waals surface area contributed by atoms with Gasteiger partial charge in [0.25, 0.3) is 0 Å². The van der Waals surface area contributed by atoms with E-state index in [-0.39, 0.29) is 24.5 Å². The van der Waals surface area contributed by atoms with Crippen LogP contribution in [0.25, 0.3) is 21.3 Å². The molecule has 0 bridgehead atoms. The first-order chi connectivity index (χ1) is 16.0. The Hall–Kier alpha value is -3.01. The number of aromatic nitrogens is 3. The molecule has 0 saturated carbocycles. The number of fused-ring (bicyclic) bond motifs is 2. The first-order valence-corrected chi connectivity index (χ1v) is 12.0. The lowest BCUT2D eigenvalue weighted by Gasteiger charge is -2.27. The monoisotopic (exact) mass is 482 g/mol. The zero-order valence-corrected chi connectivity index (χ0v) is 19.7. The Labute approximate surface area is 199 Å². The van der Waals surface area contributed by atoms with Gasteiger partial charge >= 0.3 is 0 Å². The predicted octanol–water partition coefficient (Wildman–Crippen LogP) is 3.97. The van der Waals surface area contributed by atoms with E-state index in [2.05, 4.69) is 20.6 Å². The van der Waals surface area contributed by atoms with Crippen LogP contribution in [-0.4, -0.2) is 57.3 Å². The molecule has 2 N–H and O–H groups in total. The first-order valence-electron chi connectivity index (χ1n) is 10.8. The number of thiazole rings is 1. The molecule has 0 atom stereocenters. The lowest BCUT2D eigenvalue weighted by molar-refractivity contribution is -0.131. The van der Waals surface area contributed by atoms with Crippen LogP contribution in [-0.2, 0) is 11.8 Å². The summed E-state index contributed by atoms with van der Waals surface area (Å²) in [6, 6.07) is 11.1. The minimum absolute atomic E-state index is 0.0346. The maximum atomic E-state index is 12.7. The van der Waals surface area contributed by atoms with E-state index in [1.54, 1.807) is 12.1 Å². The highest BCUT2D eigenvalue weighted by Crippen LogP contribution is 2.31. The van der Waals surface area contributed by atoms with Crippen LogP contribution in [0.3, 0.4) is 0 Å². The zero-order valence-electron chi connectivity index (χ0n) is 18.1. The molecule has 1 aliphatic heterocycles. The summed E-state index contributed by atoms with van der Waals surface area (Å²) in [5.74, 6) is 0.615. The molecule has 2 aromatic carbocycles. The van der Waals surface area contributed by atoms with E-state index in [1.165, 1.54) is 11.3 Å². The number of nitrogens with one attached hydrogen (secondary N) is 2. The molecule has 10 heteroatoms. The molecule has 0 unspecified atom stereocenters. The number of carbonyl (C=O) groups is 2. The van der Waals surface area contributed by atoms with Gasteiger partial charge in [-0.2, -0.15) is 0 Å². The van der Waals surface area contributed by atoms with Crippen molar-refractivity contribution in [2.45, 2.75) is 12.8 Å². The fourth-order valence-electron chi connectivity index (χ4n) is 3.97. The van der Waals surface area contributed by atoms with Crippen LogP contribution in [0.15, 0.2) is 36.4 Å². The Kier molecular flexibility index (Phi) is 6.01. The molecule has 1 amide bonds. The van der Waals surface area contributed by atoms with Crippen molar-refractivity contribution in [1.82, 2.24) is 24.8 Å². The third kappa shape index (κ3) is 4.57. The Morgan fingerprint density at radius 2 is 1.91 bits per heavy atom. The van der Waals surface area contributed by atoms with Crippen LogP contribution in [0.5, 0.6) is 0 Å². The van der Waals surface area contributed by atoms with Crippen LogP contribution in [0.2, 0.25) is 5.02 Å². The molecule has 4 aromatic rings. The maximum absolute atomic E-state index is 12.7. The molecular weight excluding hydrogens is 460 g/mol. The van der Waals surface area contributed by atoms with E-state index in [4.69, 9.17) is 11.6 Å².